The van der Waals surface area contributed by atoms with E-state index in [2.05, 4.69) is 10.3 Å². The van der Waals surface area contributed by atoms with Crippen LogP contribution < -0.4 is 0 Å². The highest BCUT2D eigenvalue weighted by Gasteiger charge is 2.31. The van der Waals surface area contributed by atoms with Crippen molar-refractivity contribution in [2.75, 3.05) is 6.54 Å². The number of aromatic nitrogens is 3. The number of carboxylic acid groups (broad SMARTS) is 1. The predicted molar refractivity (Wildman–Crippen MR) is 74.8 cm³/mol. The van der Waals surface area contributed by atoms with E-state index < -0.39 is 5.97 Å². The fourth-order valence-corrected chi connectivity index (χ4v) is 2.86. The second kappa shape index (κ2) is 5.16. The molecular weight excluding hydrogens is 272 g/mol. The molecule has 2 aromatic rings. The van der Waals surface area contributed by atoms with Crippen LogP contribution in [-0.2, 0) is 11.8 Å². The van der Waals surface area contributed by atoms with Gasteiger partial charge in [0.2, 0.25) is 0 Å². The molecule has 1 unspecified atom stereocenters. The standard InChI is InChI=1S/C14H16N4O3/c1-17-12-5-4-9(7-11(12)15-16-17)14(21)18-6-2-3-10(18)8-13(19)20/h4-5,7,10H,2-3,6,8H2,1H3,(H,19,20). The molecule has 1 aromatic heterocycles. The van der Waals surface area contributed by atoms with Crippen LogP contribution in [0.15, 0.2) is 18.2 Å². The molecule has 21 heavy (non-hydrogen) atoms. The monoisotopic (exact) mass is 288 g/mol. The number of benzene rings is 1. The van der Waals surface area contributed by atoms with E-state index in [-0.39, 0.29) is 18.4 Å². The van der Waals surface area contributed by atoms with Gasteiger partial charge in [0.05, 0.1) is 11.9 Å². The molecule has 2 heterocycles. The molecule has 3 rings (SSSR count). The SMILES string of the molecule is Cn1nnc2cc(C(=O)N3CCCC3CC(=O)O)ccc21. The number of carbonyl (C=O) groups excluding carboxylic acids is 1. The van der Waals surface area contributed by atoms with Crippen LogP contribution in [0.5, 0.6) is 0 Å². The van der Waals surface area contributed by atoms with Crippen molar-refractivity contribution in [2.24, 2.45) is 7.05 Å². The first-order chi connectivity index (χ1) is 10.1. The molecule has 0 radical (unpaired) electrons. The van der Waals surface area contributed by atoms with Crippen molar-refractivity contribution in [3.05, 3.63) is 23.8 Å². The van der Waals surface area contributed by atoms with Crippen molar-refractivity contribution < 1.29 is 14.7 Å². The zero-order valence-electron chi connectivity index (χ0n) is 11.7. The fraction of sp³-hybridized carbons (Fsp3) is 0.429. The first-order valence-electron chi connectivity index (χ1n) is 6.88. The highest BCUT2D eigenvalue weighted by molar-refractivity contribution is 5.97. The van der Waals surface area contributed by atoms with Gasteiger partial charge in [0.1, 0.15) is 5.52 Å². The van der Waals surface area contributed by atoms with E-state index in [4.69, 9.17) is 5.11 Å². The molecule has 1 N–H and O–H groups in total. The Morgan fingerprint density at radius 3 is 3.00 bits per heavy atom. The van der Waals surface area contributed by atoms with Crippen LogP contribution in [0.3, 0.4) is 0 Å². The summed E-state index contributed by atoms with van der Waals surface area (Å²) >= 11 is 0. The van der Waals surface area contributed by atoms with Crippen LogP contribution in [-0.4, -0.2) is 49.5 Å². The van der Waals surface area contributed by atoms with Crippen LogP contribution in [0, 0.1) is 0 Å². The molecule has 7 heteroatoms. The van der Waals surface area contributed by atoms with Crippen molar-refractivity contribution in [3.8, 4) is 0 Å². The Bertz CT molecular complexity index is 709. The summed E-state index contributed by atoms with van der Waals surface area (Å²) in [6.45, 7) is 0.606. The van der Waals surface area contributed by atoms with Gasteiger partial charge in [0, 0.05) is 25.2 Å². The maximum atomic E-state index is 12.6. The molecule has 1 aliphatic rings. The fourth-order valence-electron chi connectivity index (χ4n) is 2.86. The third-order valence-corrected chi connectivity index (χ3v) is 3.91. The Morgan fingerprint density at radius 1 is 1.43 bits per heavy atom. The molecular formula is C14H16N4O3. The Morgan fingerprint density at radius 2 is 2.24 bits per heavy atom. The minimum atomic E-state index is -0.871. The van der Waals surface area contributed by atoms with Gasteiger partial charge in [-0.2, -0.15) is 0 Å². The van der Waals surface area contributed by atoms with Gasteiger partial charge in [-0.3, -0.25) is 9.59 Å². The predicted octanol–water partition coefficient (Wildman–Crippen LogP) is 1.05. The number of amides is 1. The molecule has 0 saturated carbocycles. The molecule has 1 fully saturated rings. The first-order valence-corrected chi connectivity index (χ1v) is 6.88. The van der Waals surface area contributed by atoms with Crippen LogP contribution in [0.1, 0.15) is 29.6 Å². The Labute approximate surface area is 121 Å². The summed E-state index contributed by atoms with van der Waals surface area (Å²) in [6, 6.07) is 5.04. The second-order valence-electron chi connectivity index (χ2n) is 5.31. The van der Waals surface area contributed by atoms with Crippen LogP contribution in [0.2, 0.25) is 0 Å². The van der Waals surface area contributed by atoms with Gasteiger partial charge in [-0.1, -0.05) is 5.21 Å². The number of carbonyl (C=O) groups is 2. The van der Waals surface area contributed by atoms with Crippen LogP contribution in [0.4, 0.5) is 0 Å². The smallest absolute Gasteiger partial charge is 0.305 e. The molecule has 7 nitrogen and oxygen atoms in total. The number of likely N-dealkylation sites (tertiary alicyclic amines) is 1. The van der Waals surface area contributed by atoms with E-state index in [1.807, 2.05) is 6.07 Å². The molecule has 1 saturated heterocycles. The van der Waals surface area contributed by atoms with Gasteiger partial charge in [0.25, 0.3) is 5.91 Å². The summed E-state index contributed by atoms with van der Waals surface area (Å²) in [7, 11) is 1.79. The van der Waals surface area contributed by atoms with Gasteiger partial charge in [-0.15, -0.1) is 5.10 Å². The van der Waals surface area contributed by atoms with Gasteiger partial charge in [-0.25, -0.2) is 4.68 Å². The molecule has 1 aromatic carbocycles. The Hall–Kier alpha value is -2.44. The van der Waals surface area contributed by atoms with Gasteiger partial charge in [0.15, 0.2) is 0 Å². The summed E-state index contributed by atoms with van der Waals surface area (Å²) in [6.07, 6.45) is 1.58. The van der Waals surface area contributed by atoms with Crippen molar-refractivity contribution in [1.82, 2.24) is 19.9 Å². The zero-order chi connectivity index (χ0) is 15.0. The average molecular weight is 288 g/mol. The number of hydrogen-bond acceptors (Lipinski definition) is 4. The van der Waals surface area contributed by atoms with Crippen molar-refractivity contribution in [3.63, 3.8) is 0 Å². The molecule has 1 amide bonds. The summed E-state index contributed by atoms with van der Waals surface area (Å²) < 4.78 is 1.65. The molecule has 0 spiro atoms. The lowest BCUT2D eigenvalue weighted by Crippen LogP contribution is -2.36. The largest absolute Gasteiger partial charge is 0.481 e. The molecule has 110 valence electrons. The van der Waals surface area contributed by atoms with E-state index in [9.17, 15) is 9.59 Å². The van der Waals surface area contributed by atoms with Crippen molar-refractivity contribution >= 4 is 22.9 Å². The Kier molecular flexibility index (Phi) is 3.32. The molecule has 0 bridgehead atoms. The number of rotatable bonds is 3. The quantitative estimate of drug-likeness (QED) is 0.912. The number of nitrogens with zero attached hydrogens (tertiary/aromatic N) is 4. The van der Waals surface area contributed by atoms with Crippen molar-refractivity contribution in [1.29, 1.82) is 0 Å². The topological polar surface area (TPSA) is 88.3 Å². The van der Waals surface area contributed by atoms with Gasteiger partial charge < -0.3 is 10.0 Å². The van der Waals surface area contributed by atoms with Gasteiger partial charge >= 0.3 is 5.97 Å². The third kappa shape index (κ3) is 2.46. The highest BCUT2D eigenvalue weighted by atomic mass is 16.4. The lowest BCUT2D eigenvalue weighted by atomic mass is 10.1. The van der Waals surface area contributed by atoms with Crippen molar-refractivity contribution in [2.45, 2.75) is 25.3 Å². The van der Waals surface area contributed by atoms with E-state index in [1.165, 1.54) is 0 Å². The highest BCUT2D eigenvalue weighted by Crippen LogP contribution is 2.23. The summed E-state index contributed by atoms with van der Waals surface area (Å²) in [4.78, 5) is 25.1. The maximum Gasteiger partial charge on any atom is 0.305 e. The molecule has 0 aliphatic carbocycles. The number of carboxylic acids is 1. The van der Waals surface area contributed by atoms with Gasteiger partial charge in [-0.05, 0) is 31.0 Å². The summed E-state index contributed by atoms with van der Waals surface area (Å²) in [5.74, 6) is -1.00. The number of aliphatic carboxylic acids is 1. The molecule has 1 aliphatic heterocycles. The average Bonchev–Trinajstić information content (AvgIpc) is 3.04. The lowest BCUT2D eigenvalue weighted by molar-refractivity contribution is -0.137. The van der Waals surface area contributed by atoms with E-state index in [0.717, 1.165) is 18.4 Å². The lowest BCUT2D eigenvalue weighted by Gasteiger charge is -2.23. The number of aryl methyl sites for hydroxylation is 1. The minimum absolute atomic E-state index is 0.000866. The zero-order valence-corrected chi connectivity index (χ0v) is 11.7. The van der Waals surface area contributed by atoms with Crippen LogP contribution >= 0.6 is 0 Å². The molecule has 1 atom stereocenters. The summed E-state index contributed by atoms with van der Waals surface area (Å²) in [5.41, 5.74) is 2.05. The minimum Gasteiger partial charge on any atom is -0.481 e. The maximum absolute atomic E-state index is 12.6. The third-order valence-electron chi connectivity index (χ3n) is 3.91. The van der Waals surface area contributed by atoms with E-state index in [0.29, 0.717) is 17.6 Å². The number of hydrogen-bond donors (Lipinski definition) is 1. The van der Waals surface area contributed by atoms with E-state index >= 15 is 0 Å². The summed E-state index contributed by atoms with van der Waals surface area (Å²) in [5, 5.41) is 16.8. The normalized spacial score (nSPS) is 18.3. The second-order valence-corrected chi connectivity index (χ2v) is 5.31. The van der Waals surface area contributed by atoms with E-state index in [1.54, 1.807) is 28.8 Å². The first kappa shape index (κ1) is 13.5. The number of fused-ring (bicyclic) bond motifs is 1. The van der Waals surface area contributed by atoms with Crippen LogP contribution in [0.25, 0.3) is 11.0 Å². The Balaban J connectivity index is 1.87.